The van der Waals surface area contributed by atoms with E-state index >= 15 is 0 Å². The van der Waals surface area contributed by atoms with Gasteiger partial charge in [-0.15, -0.1) is 0 Å². The van der Waals surface area contributed by atoms with E-state index in [0.29, 0.717) is 6.42 Å². The van der Waals surface area contributed by atoms with Crippen LogP contribution in [0.15, 0.2) is 0 Å². The molecular formula is C14H26O5. The van der Waals surface area contributed by atoms with Gasteiger partial charge in [-0.3, -0.25) is 9.59 Å². The second-order valence-electron chi connectivity index (χ2n) is 5.01. The van der Waals surface area contributed by atoms with Gasteiger partial charge in [0, 0.05) is 6.42 Å². The minimum atomic E-state index is -0.950. The van der Waals surface area contributed by atoms with Crippen LogP contribution in [0.1, 0.15) is 70.6 Å². The number of aliphatic carboxylic acids is 2. The number of aliphatic hydroxyl groups is 1. The van der Waals surface area contributed by atoms with Crippen LogP contribution in [0.5, 0.6) is 0 Å². The molecule has 0 aliphatic rings. The van der Waals surface area contributed by atoms with Crippen molar-refractivity contribution in [3.63, 3.8) is 0 Å². The normalized spacial score (nSPS) is 12.3. The molecule has 19 heavy (non-hydrogen) atoms. The molecule has 0 aromatic rings. The third kappa shape index (κ3) is 14.8. The summed E-state index contributed by atoms with van der Waals surface area (Å²) >= 11 is 0. The highest BCUT2D eigenvalue weighted by Gasteiger charge is 2.08. The molecule has 0 fully saturated rings. The lowest BCUT2D eigenvalue weighted by Gasteiger charge is -2.07. The average molecular weight is 274 g/mol. The number of rotatable bonds is 13. The predicted molar refractivity (Wildman–Crippen MR) is 72.1 cm³/mol. The molecule has 0 saturated carbocycles. The van der Waals surface area contributed by atoms with E-state index < -0.39 is 18.0 Å². The second-order valence-corrected chi connectivity index (χ2v) is 5.01. The Bertz CT molecular complexity index is 252. The van der Waals surface area contributed by atoms with Crippen LogP contribution in [0, 0.1) is 0 Å². The SMILES string of the molecule is O=C(O)CCCCCCCCCCC(O)CC(=O)O. The lowest BCUT2D eigenvalue weighted by atomic mass is 10.0. The zero-order valence-electron chi connectivity index (χ0n) is 11.5. The fourth-order valence-corrected chi connectivity index (χ4v) is 2.02. The zero-order valence-corrected chi connectivity index (χ0v) is 11.5. The van der Waals surface area contributed by atoms with Crippen LogP contribution in [-0.2, 0) is 9.59 Å². The molecule has 0 spiro atoms. The summed E-state index contributed by atoms with van der Waals surface area (Å²) in [5.41, 5.74) is 0. The molecule has 0 aliphatic carbocycles. The zero-order chi connectivity index (χ0) is 14.5. The van der Waals surface area contributed by atoms with Crippen molar-refractivity contribution in [3.8, 4) is 0 Å². The highest BCUT2D eigenvalue weighted by molar-refractivity contribution is 5.67. The molecule has 0 aromatic heterocycles. The summed E-state index contributed by atoms with van der Waals surface area (Å²) in [6, 6.07) is 0. The number of carboxylic acid groups (broad SMARTS) is 2. The van der Waals surface area contributed by atoms with Crippen molar-refractivity contribution in [2.75, 3.05) is 0 Å². The average Bonchev–Trinajstić information content (AvgIpc) is 2.30. The fourth-order valence-electron chi connectivity index (χ4n) is 2.02. The van der Waals surface area contributed by atoms with Gasteiger partial charge >= 0.3 is 11.9 Å². The third-order valence-corrected chi connectivity index (χ3v) is 3.09. The topological polar surface area (TPSA) is 94.8 Å². The van der Waals surface area contributed by atoms with Gasteiger partial charge in [-0.1, -0.05) is 44.9 Å². The van der Waals surface area contributed by atoms with E-state index in [9.17, 15) is 14.7 Å². The summed E-state index contributed by atoms with van der Waals surface area (Å²) in [7, 11) is 0. The van der Waals surface area contributed by atoms with Gasteiger partial charge in [0.2, 0.25) is 0 Å². The first-order chi connectivity index (χ1) is 9.02. The maximum absolute atomic E-state index is 10.3. The summed E-state index contributed by atoms with van der Waals surface area (Å²) in [5.74, 6) is -1.67. The van der Waals surface area contributed by atoms with E-state index in [4.69, 9.17) is 10.2 Å². The molecule has 0 aromatic carbocycles. The number of carbonyl (C=O) groups is 2. The molecule has 0 aliphatic heterocycles. The predicted octanol–water partition coefficient (Wildman–Crippen LogP) is 2.81. The molecule has 112 valence electrons. The number of carboxylic acids is 2. The van der Waals surface area contributed by atoms with Crippen molar-refractivity contribution in [2.45, 2.75) is 76.7 Å². The Kier molecular flexibility index (Phi) is 11.3. The Morgan fingerprint density at radius 2 is 1.21 bits per heavy atom. The van der Waals surface area contributed by atoms with Crippen molar-refractivity contribution in [2.24, 2.45) is 0 Å². The van der Waals surface area contributed by atoms with Gasteiger partial charge in [-0.25, -0.2) is 0 Å². The van der Waals surface area contributed by atoms with E-state index in [-0.39, 0.29) is 12.8 Å². The minimum absolute atomic E-state index is 0.163. The van der Waals surface area contributed by atoms with E-state index in [2.05, 4.69) is 0 Å². The molecule has 0 heterocycles. The number of aliphatic hydroxyl groups excluding tert-OH is 1. The van der Waals surface area contributed by atoms with Crippen molar-refractivity contribution in [3.05, 3.63) is 0 Å². The van der Waals surface area contributed by atoms with E-state index in [1.54, 1.807) is 0 Å². The van der Waals surface area contributed by atoms with Gasteiger partial charge < -0.3 is 15.3 Å². The molecule has 0 amide bonds. The van der Waals surface area contributed by atoms with E-state index in [1.807, 2.05) is 0 Å². The van der Waals surface area contributed by atoms with Crippen LogP contribution in [0.3, 0.4) is 0 Å². The van der Waals surface area contributed by atoms with Crippen LogP contribution >= 0.6 is 0 Å². The van der Waals surface area contributed by atoms with Crippen molar-refractivity contribution in [1.29, 1.82) is 0 Å². The van der Waals surface area contributed by atoms with Gasteiger partial charge in [0.15, 0.2) is 0 Å². The van der Waals surface area contributed by atoms with Gasteiger partial charge in [0.1, 0.15) is 0 Å². The molecule has 0 saturated heterocycles. The summed E-state index contributed by atoms with van der Waals surface area (Å²) < 4.78 is 0. The highest BCUT2D eigenvalue weighted by atomic mass is 16.4. The van der Waals surface area contributed by atoms with Gasteiger partial charge in [0.05, 0.1) is 12.5 Å². The largest absolute Gasteiger partial charge is 0.481 e. The molecule has 1 atom stereocenters. The molecule has 0 rings (SSSR count). The van der Waals surface area contributed by atoms with Crippen molar-refractivity contribution >= 4 is 11.9 Å². The summed E-state index contributed by atoms with van der Waals surface area (Å²) in [4.78, 5) is 20.6. The summed E-state index contributed by atoms with van der Waals surface area (Å²) in [5, 5.41) is 26.3. The van der Waals surface area contributed by atoms with Crippen molar-refractivity contribution < 1.29 is 24.9 Å². The lowest BCUT2D eigenvalue weighted by molar-refractivity contribution is -0.139. The van der Waals surface area contributed by atoms with Crippen LogP contribution in [-0.4, -0.2) is 33.4 Å². The first kappa shape index (κ1) is 17.9. The Labute approximate surface area is 114 Å². The Morgan fingerprint density at radius 3 is 1.68 bits per heavy atom. The molecule has 5 heteroatoms. The van der Waals surface area contributed by atoms with E-state index in [0.717, 1.165) is 51.4 Å². The molecule has 5 nitrogen and oxygen atoms in total. The van der Waals surface area contributed by atoms with Gasteiger partial charge in [-0.2, -0.15) is 0 Å². The highest BCUT2D eigenvalue weighted by Crippen LogP contribution is 2.12. The summed E-state index contributed by atoms with van der Waals surface area (Å²) in [6.07, 6.45) is 8.00. The molecular weight excluding hydrogens is 248 g/mol. The van der Waals surface area contributed by atoms with Crippen LogP contribution in [0.2, 0.25) is 0 Å². The number of hydrogen-bond acceptors (Lipinski definition) is 3. The molecule has 3 N–H and O–H groups in total. The van der Waals surface area contributed by atoms with Crippen LogP contribution < -0.4 is 0 Å². The summed E-state index contributed by atoms with van der Waals surface area (Å²) in [6.45, 7) is 0. The second kappa shape index (κ2) is 12.0. The maximum Gasteiger partial charge on any atom is 0.305 e. The lowest BCUT2D eigenvalue weighted by Crippen LogP contribution is -2.12. The molecule has 1 unspecified atom stereocenters. The van der Waals surface area contributed by atoms with Crippen molar-refractivity contribution in [1.82, 2.24) is 0 Å². The number of unbranched alkanes of at least 4 members (excludes halogenated alkanes) is 7. The molecule has 0 bridgehead atoms. The van der Waals surface area contributed by atoms with Gasteiger partial charge in [0.25, 0.3) is 0 Å². The Hall–Kier alpha value is -1.10. The minimum Gasteiger partial charge on any atom is -0.481 e. The third-order valence-electron chi connectivity index (χ3n) is 3.09. The Morgan fingerprint density at radius 1 is 0.737 bits per heavy atom. The number of hydrogen-bond donors (Lipinski definition) is 3. The monoisotopic (exact) mass is 274 g/mol. The van der Waals surface area contributed by atoms with Crippen LogP contribution in [0.25, 0.3) is 0 Å². The smallest absolute Gasteiger partial charge is 0.305 e. The van der Waals surface area contributed by atoms with Crippen LogP contribution in [0.4, 0.5) is 0 Å². The first-order valence-corrected chi connectivity index (χ1v) is 7.14. The van der Waals surface area contributed by atoms with Gasteiger partial charge in [-0.05, 0) is 12.8 Å². The quantitative estimate of drug-likeness (QED) is 0.449. The Balaban J connectivity index is 3.14. The maximum atomic E-state index is 10.3. The standard InChI is InChI=1S/C14H26O5/c15-12(11-14(18)19)9-7-5-3-1-2-4-6-8-10-13(16)17/h12,15H,1-11H2,(H,16,17)(H,18,19). The van der Waals surface area contributed by atoms with E-state index in [1.165, 1.54) is 0 Å². The fraction of sp³-hybridized carbons (Fsp3) is 0.857. The molecule has 0 radical (unpaired) electrons. The first-order valence-electron chi connectivity index (χ1n) is 7.14.